The van der Waals surface area contributed by atoms with Crippen LogP contribution in [0.1, 0.15) is 24.1 Å². The summed E-state index contributed by atoms with van der Waals surface area (Å²) in [5.41, 5.74) is 2.20. The highest BCUT2D eigenvalue weighted by Gasteiger charge is 2.09. The van der Waals surface area contributed by atoms with E-state index in [1.807, 2.05) is 43.1 Å². The van der Waals surface area contributed by atoms with E-state index >= 15 is 0 Å². The van der Waals surface area contributed by atoms with Crippen molar-refractivity contribution in [1.82, 2.24) is 20.4 Å². The number of nitrogens with zero attached hydrogens (tertiary/aromatic N) is 3. The molecule has 7 heteroatoms. The first-order valence-corrected chi connectivity index (χ1v) is 8.16. The summed E-state index contributed by atoms with van der Waals surface area (Å²) < 4.78 is 1.90. The van der Waals surface area contributed by atoms with Crippen LogP contribution in [0.2, 0.25) is 10.0 Å². The van der Waals surface area contributed by atoms with Gasteiger partial charge in [0, 0.05) is 19.8 Å². The lowest BCUT2D eigenvalue weighted by Crippen LogP contribution is -2.40. The second-order valence-corrected chi connectivity index (χ2v) is 6.13. The Labute approximate surface area is 146 Å². The van der Waals surface area contributed by atoms with Gasteiger partial charge in [-0.1, -0.05) is 29.3 Å². The molecule has 124 valence electrons. The van der Waals surface area contributed by atoms with Crippen LogP contribution in [0.4, 0.5) is 0 Å². The fourth-order valence-electron chi connectivity index (χ4n) is 2.14. The predicted octanol–water partition coefficient (Wildman–Crippen LogP) is 3.42. The molecule has 0 amide bonds. The quantitative estimate of drug-likeness (QED) is 0.639. The maximum Gasteiger partial charge on any atom is 0.191 e. The number of guanidine groups is 1. The van der Waals surface area contributed by atoms with Crippen LogP contribution in [0.5, 0.6) is 0 Å². The first-order valence-electron chi connectivity index (χ1n) is 7.41. The van der Waals surface area contributed by atoms with Gasteiger partial charge in [0.25, 0.3) is 0 Å². The molecule has 0 aliphatic heterocycles. The fraction of sp³-hybridized carbons (Fsp3) is 0.375. The number of aliphatic imine (C=N–C) groups is 1. The second-order valence-electron chi connectivity index (χ2n) is 5.32. The normalized spacial score (nSPS) is 13.0. The minimum Gasteiger partial charge on any atom is -0.355 e. The molecule has 0 radical (unpaired) electrons. The van der Waals surface area contributed by atoms with Gasteiger partial charge in [-0.25, -0.2) is 0 Å². The van der Waals surface area contributed by atoms with Crippen molar-refractivity contribution in [2.75, 3.05) is 13.6 Å². The van der Waals surface area contributed by atoms with Crippen molar-refractivity contribution in [2.45, 2.75) is 26.4 Å². The second kappa shape index (κ2) is 8.22. The number of benzene rings is 1. The minimum absolute atomic E-state index is 0.0583. The molecular weight excluding hydrogens is 333 g/mol. The number of hydrogen-bond acceptors (Lipinski definition) is 2. The van der Waals surface area contributed by atoms with Gasteiger partial charge in [-0.05, 0) is 37.1 Å². The molecule has 0 spiro atoms. The molecule has 0 aliphatic carbocycles. The van der Waals surface area contributed by atoms with E-state index in [0.717, 1.165) is 30.2 Å². The number of aromatic nitrogens is 2. The Kier molecular flexibility index (Phi) is 6.30. The van der Waals surface area contributed by atoms with Gasteiger partial charge in [0.1, 0.15) is 0 Å². The molecule has 1 unspecified atom stereocenters. The molecule has 1 aromatic carbocycles. The number of rotatable bonds is 5. The maximum atomic E-state index is 6.07. The van der Waals surface area contributed by atoms with Gasteiger partial charge in [-0.2, -0.15) is 5.10 Å². The van der Waals surface area contributed by atoms with Gasteiger partial charge in [0.2, 0.25) is 0 Å². The summed E-state index contributed by atoms with van der Waals surface area (Å²) >= 11 is 12.0. The predicted molar refractivity (Wildman–Crippen MR) is 96.3 cm³/mol. The number of halogens is 2. The minimum atomic E-state index is 0.0583. The van der Waals surface area contributed by atoms with Crippen molar-refractivity contribution in [3.8, 4) is 0 Å². The topological polar surface area (TPSA) is 54.2 Å². The van der Waals surface area contributed by atoms with E-state index in [2.05, 4.69) is 20.7 Å². The lowest BCUT2D eigenvalue weighted by Gasteiger charge is -2.18. The highest BCUT2D eigenvalue weighted by atomic mass is 35.5. The highest BCUT2D eigenvalue weighted by molar-refractivity contribution is 6.42. The van der Waals surface area contributed by atoms with Crippen molar-refractivity contribution in [1.29, 1.82) is 0 Å². The van der Waals surface area contributed by atoms with Crippen molar-refractivity contribution < 1.29 is 0 Å². The third-order valence-corrected chi connectivity index (χ3v) is 4.16. The molecule has 1 heterocycles. The first kappa shape index (κ1) is 17.6. The smallest absolute Gasteiger partial charge is 0.191 e. The average Bonchev–Trinajstić information content (AvgIpc) is 2.94. The van der Waals surface area contributed by atoms with Crippen LogP contribution in [0.25, 0.3) is 0 Å². The van der Waals surface area contributed by atoms with Crippen LogP contribution < -0.4 is 10.6 Å². The highest BCUT2D eigenvalue weighted by Crippen LogP contribution is 2.25. The van der Waals surface area contributed by atoms with Crippen molar-refractivity contribution in [3.63, 3.8) is 0 Å². The van der Waals surface area contributed by atoms with Crippen molar-refractivity contribution >= 4 is 29.2 Å². The number of hydrogen-bond donors (Lipinski definition) is 2. The molecule has 0 saturated heterocycles. The Morgan fingerprint density at radius 3 is 2.74 bits per heavy atom. The summed E-state index contributed by atoms with van der Waals surface area (Å²) in [5, 5.41) is 12.0. The summed E-state index contributed by atoms with van der Waals surface area (Å²) in [4.78, 5) is 4.24. The third kappa shape index (κ3) is 5.15. The standard InChI is InChI=1S/C16H21Cl2N5/c1-11-9-21-23(10-11)7-6-20-16(19-3)22-12(2)13-4-5-14(17)15(18)8-13/h4-5,8-10,12H,6-7H2,1-3H3,(H2,19,20,22). The molecule has 2 N–H and O–H groups in total. The zero-order chi connectivity index (χ0) is 16.8. The third-order valence-electron chi connectivity index (χ3n) is 3.42. The van der Waals surface area contributed by atoms with E-state index in [9.17, 15) is 0 Å². The number of aryl methyl sites for hydroxylation is 1. The summed E-state index contributed by atoms with van der Waals surface area (Å²) in [6.07, 6.45) is 3.86. The molecule has 23 heavy (non-hydrogen) atoms. The molecule has 5 nitrogen and oxygen atoms in total. The molecule has 2 rings (SSSR count). The summed E-state index contributed by atoms with van der Waals surface area (Å²) in [5.74, 6) is 0.729. The van der Waals surface area contributed by atoms with E-state index < -0.39 is 0 Å². The van der Waals surface area contributed by atoms with E-state index in [1.54, 1.807) is 13.1 Å². The van der Waals surface area contributed by atoms with Crippen molar-refractivity contribution in [3.05, 3.63) is 51.8 Å². The van der Waals surface area contributed by atoms with Gasteiger partial charge < -0.3 is 10.6 Å². The molecule has 1 aromatic heterocycles. The summed E-state index contributed by atoms with van der Waals surface area (Å²) in [6, 6.07) is 5.67. The van der Waals surface area contributed by atoms with Crippen molar-refractivity contribution in [2.24, 2.45) is 4.99 Å². The lowest BCUT2D eigenvalue weighted by molar-refractivity contribution is 0.591. The van der Waals surface area contributed by atoms with Crippen LogP contribution in [0.3, 0.4) is 0 Å². The van der Waals surface area contributed by atoms with Crippen LogP contribution in [-0.4, -0.2) is 29.3 Å². The van der Waals surface area contributed by atoms with Gasteiger partial charge in [0.05, 0.1) is 28.8 Å². The number of nitrogens with one attached hydrogen (secondary N) is 2. The van der Waals surface area contributed by atoms with Crippen LogP contribution in [0, 0.1) is 6.92 Å². The zero-order valence-corrected chi connectivity index (χ0v) is 15.0. The lowest BCUT2D eigenvalue weighted by atomic mass is 10.1. The molecule has 2 aromatic rings. The Bertz CT molecular complexity index is 681. The van der Waals surface area contributed by atoms with Gasteiger partial charge in [-0.3, -0.25) is 9.67 Å². The molecule has 0 saturated carbocycles. The maximum absolute atomic E-state index is 6.07. The zero-order valence-electron chi connectivity index (χ0n) is 13.5. The van der Waals surface area contributed by atoms with Gasteiger partial charge in [0.15, 0.2) is 5.96 Å². The van der Waals surface area contributed by atoms with Gasteiger partial charge in [-0.15, -0.1) is 0 Å². The van der Waals surface area contributed by atoms with Gasteiger partial charge >= 0.3 is 0 Å². The molecule has 1 atom stereocenters. The molecular formula is C16H21Cl2N5. The molecule has 0 aliphatic rings. The fourth-order valence-corrected chi connectivity index (χ4v) is 2.45. The SMILES string of the molecule is CN=C(NCCn1cc(C)cn1)NC(C)c1ccc(Cl)c(Cl)c1. The van der Waals surface area contributed by atoms with Crippen LogP contribution >= 0.6 is 23.2 Å². The molecule has 0 fully saturated rings. The summed E-state index contributed by atoms with van der Waals surface area (Å²) in [7, 11) is 1.74. The molecule has 0 bridgehead atoms. The summed E-state index contributed by atoms with van der Waals surface area (Å²) in [6.45, 7) is 5.57. The average molecular weight is 354 g/mol. The Balaban J connectivity index is 1.87. The largest absolute Gasteiger partial charge is 0.355 e. The monoisotopic (exact) mass is 353 g/mol. The first-order chi connectivity index (χ1) is 11.0. The van der Waals surface area contributed by atoms with E-state index in [0.29, 0.717) is 10.0 Å². The van der Waals surface area contributed by atoms with E-state index in [1.165, 1.54) is 0 Å². The van der Waals surface area contributed by atoms with Crippen LogP contribution in [-0.2, 0) is 6.54 Å². The van der Waals surface area contributed by atoms with E-state index in [-0.39, 0.29) is 6.04 Å². The van der Waals surface area contributed by atoms with Crippen LogP contribution in [0.15, 0.2) is 35.6 Å². The Morgan fingerprint density at radius 2 is 2.13 bits per heavy atom. The van der Waals surface area contributed by atoms with E-state index in [4.69, 9.17) is 23.2 Å². The Hall–Kier alpha value is -1.72. The Morgan fingerprint density at radius 1 is 1.35 bits per heavy atom.